The van der Waals surface area contributed by atoms with Gasteiger partial charge >= 0.3 is 0 Å². The van der Waals surface area contributed by atoms with Crippen LogP contribution in [-0.4, -0.2) is 10.9 Å². The number of aromatic nitrogens is 1. The van der Waals surface area contributed by atoms with Crippen LogP contribution < -0.4 is 5.32 Å². The number of hydrogen-bond donors (Lipinski definition) is 1. The minimum atomic E-state index is -0.314. The summed E-state index contributed by atoms with van der Waals surface area (Å²) >= 11 is 15.1. The smallest absolute Gasteiger partial charge is 0.257 e. The number of rotatable bonds is 2. The topological polar surface area (TPSA) is 42.0 Å². The minimum absolute atomic E-state index is 0.299. The van der Waals surface area contributed by atoms with Crippen LogP contribution in [0.3, 0.4) is 0 Å². The van der Waals surface area contributed by atoms with E-state index in [-0.39, 0.29) is 5.91 Å². The lowest BCUT2D eigenvalue weighted by atomic mass is 10.2. The van der Waals surface area contributed by atoms with E-state index in [4.69, 9.17) is 23.2 Å². The molecule has 1 aromatic carbocycles. The van der Waals surface area contributed by atoms with Crippen LogP contribution in [0.2, 0.25) is 10.0 Å². The SMILES string of the molecule is O=C(Nc1cccc(Cl)c1Br)c1ccncc1Cl. The standard InChI is InChI=1S/C12H7BrCl2N2O/c13-11-8(14)2-1-3-10(11)17-12(18)7-4-5-16-6-9(7)15/h1-6H,(H,17,18). The summed E-state index contributed by atoms with van der Waals surface area (Å²) in [5.74, 6) is -0.314. The third-order valence-corrected chi connectivity index (χ3v) is 3.92. The van der Waals surface area contributed by atoms with Crippen LogP contribution in [0.15, 0.2) is 41.1 Å². The van der Waals surface area contributed by atoms with Crippen LogP contribution in [0.5, 0.6) is 0 Å². The van der Waals surface area contributed by atoms with E-state index in [2.05, 4.69) is 26.2 Å². The molecule has 0 radical (unpaired) electrons. The first kappa shape index (κ1) is 13.3. The van der Waals surface area contributed by atoms with Gasteiger partial charge in [-0.25, -0.2) is 0 Å². The van der Waals surface area contributed by atoms with Gasteiger partial charge in [0.25, 0.3) is 5.91 Å². The maximum Gasteiger partial charge on any atom is 0.257 e. The summed E-state index contributed by atoms with van der Waals surface area (Å²) < 4.78 is 0.630. The van der Waals surface area contributed by atoms with E-state index in [1.807, 2.05) is 0 Å². The quantitative estimate of drug-likeness (QED) is 0.876. The summed E-state index contributed by atoms with van der Waals surface area (Å²) in [6.45, 7) is 0. The van der Waals surface area contributed by atoms with Gasteiger partial charge in [-0.05, 0) is 34.1 Å². The van der Waals surface area contributed by atoms with Gasteiger partial charge in [0, 0.05) is 12.4 Å². The average molecular weight is 346 g/mol. The zero-order valence-corrected chi connectivity index (χ0v) is 12.1. The van der Waals surface area contributed by atoms with E-state index in [1.54, 1.807) is 24.3 Å². The van der Waals surface area contributed by atoms with Crippen molar-refractivity contribution in [1.82, 2.24) is 4.98 Å². The van der Waals surface area contributed by atoms with Crippen LogP contribution in [-0.2, 0) is 0 Å². The Morgan fingerprint density at radius 2 is 2.00 bits per heavy atom. The fraction of sp³-hybridized carbons (Fsp3) is 0. The van der Waals surface area contributed by atoms with Crippen molar-refractivity contribution in [3.05, 3.63) is 56.7 Å². The number of anilines is 1. The number of nitrogens with one attached hydrogen (secondary N) is 1. The first-order chi connectivity index (χ1) is 8.59. The molecule has 2 aromatic rings. The molecule has 3 nitrogen and oxygen atoms in total. The molecule has 1 N–H and O–H groups in total. The monoisotopic (exact) mass is 344 g/mol. The molecular formula is C12H7BrCl2N2O. The van der Waals surface area contributed by atoms with Crippen LogP contribution in [0.1, 0.15) is 10.4 Å². The number of nitrogens with zero attached hydrogens (tertiary/aromatic N) is 1. The molecule has 2 rings (SSSR count). The van der Waals surface area contributed by atoms with Crippen LogP contribution in [0.25, 0.3) is 0 Å². The second-order valence-electron chi connectivity index (χ2n) is 3.41. The molecule has 1 aromatic heterocycles. The van der Waals surface area contributed by atoms with E-state index < -0.39 is 0 Å². The van der Waals surface area contributed by atoms with Crippen molar-refractivity contribution in [2.75, 3.05) is 5.32 Å². The second kappa shape index (κ2) is 5.69. The van der Waals surface area contributed by atoms with Crippen molar-refractivity contribution in [2.45, 2.75) is 0 Å². The number of amides is 1. The zero-order valence-electron chi connectivity index (χ0n) is 8.95. The molecule has 18 heavy (non-hydrogen) atoms. The Kier molecular flexibility index (Phi) is 4.22. The van der Waals surface area contributed by atoms with Crippen molar-refractivity contribution < 1.29 is 4.79 Å². The number of benzene rings is 1. The van der Waals surface area contributed by atoms with Crippen molar-refractivity contribution in [2.24, 2.45) is 0 Å². The van der Waals surface area contributed by atoms with E-state index in [0.717, 1.165) is 0 Å². The largest absolute Gasteiger partial charge is 0.321 e. The summed E-state index contributed by atoms with van der Waals surface area (Å²) in [6, 6.07) is 6.76. The number of carbonyl (C=O) groups is 1. The Balaban J connectivity index is 2.27. The predicted molar refractivity (Wildman–Crippen MR) is 76.4 cm³/mol. The fourth-order valence-electron chi connectivity index (χ4n) is 1.35. The van der Waals surface area contributed by atoms with E-state index in [9.17, 15) is 4.79 Å². The maximum atomic E-state index is 12.0. The van der Waals surface area contributed by atoms with Gasteiger partial charge in [-0.1, -0.05) is 29.3 Å². The molecule has 0 saturated carbocycles. The Labute approximate surface area is 122 Å². The summed E-state index contributed by atoms with van der Waals surface area (Å²) in [7, 11) is 0. The molecule has 0 bridgehead atoms. The highest BCUT2D eigenvalue weighted by atomic mass is 79.9. The van der Waals surface area contributed by atoms with Gasteiger partial charge in [-0.2, -0.15) is 0 Å². The molecule has 92 valence electrons. The third-order valence-electron chi connectivity index (χ3n) is 2.22. The summed E-state index contributed by atoms with van der Waals surface area (Å²) in [5.41, 5.74) is 0.943. The average Bonchev–Trinajstić information content (AvgIpc) is 2.35. The van der Waals surface area contributed by atoms with Gasteiger partial charge in [0.15, 0.2) is 0 Å². The molecule has 0 saturated heterocycles. The van der Waals surface area contributed by atoms with Crippen LogP contribution in [0.4, 0.5) is 5.69 Å². The number of carbonyl (C=O) groups excluding carboxylic acids is 1. The highest BCUT2D eigenvalue weighted by molar-refractivity contribution is 9.10. The lowest BCUT2D eigenvalue weighted by Crippen LogP contribution is -2.13. The lowest BCUT2D eigenvalue weighted by Gasteiger charge is -2.09. The Morgan fingerprint density at radius 1 is 1.22 bits per heavy atom. The molecule has 6 heteroatoms. The molecule has 1 amide bonds. The van der Waals surface area contributed by atoms with Gasteiger partial charge < -0.3 is 5.32 Å². The number of halogens is 3. The van der Waals surface area contributed by atoms with Crippen molar-refractivity contribution >= 4 is 50.7 Å². The fourth-order valence-corrected chi connectivity index (χ4v) is 2.09. The molecule has 0 unspecified atom stereocenters. The molecule has 1 heterocycles. The van der Waals surface area contributed by atoms with Gasteiger partial charge in [0.1, 0.15) is 0 Å². The normalized spacial score (nSPS) is 10.2. The van der Waals surface area contributed by atoms with Crippen LogP contribution >= 0.6 is 39.1 Å². The van der Waals surface area contributed by atoms with Crippen molar-refractivity contribution in [3.8, 4) is 0 Å². The van der Waals surface area contributed by atoms with Gasteiger partial charge in [0.05, 0.1) is 25.8 Å². The molecule has 0 aliphatic carbocycles. The first-order valence-electron chi connectivity index (χ1n) is 4.94. The highest BCUT2D eigenvalue weighted by Crippen LogP contribution is 2.30. The van der Waals surface area contributed by atoms with Gasteiger partial charge in [-0.3, -0.25) is 9.78 Å². The Hall–Kier alpha value is -1.10. The lowest BCUT2D eigenvalue weighted by molar-refractivity contribution is 0.102. The summed E-state index contributed by atoms with van der Waals surface area (Å²) in [4.78, 5) is 15.8. The molecule has 0 fully saturated rings. The maximum absolute atomic E-state index is 12.0. The second-order valence-corrected chi connectivity index (χ2v) is 5.02. The van der Waals surface area contributed by atoms with Gasteiger partial charge in [0.2, 0.25) is 0 Å². The minimum Gasteiger partial charge on any atom is -0.321 e. The van der Waals surface area contributed by atoms with Crippen LogP contribution in [0, 0.1) is 0 Å². The van der Waals surface area contributed by atoms with E-state index in [0.29, 0.717) is 25.8 Å². The first-order valence-corrected chi connectivity index (χ1v) is 6.49. The van der Waals surface area contributed by atoms with E-state index in [1.165, 1.54) is 12.4 Å². The highest BCUT2D eigenvalue weighted by Gasteiger charge is 2.12. The molecule has 0 atom stereocenters. The number of pyridine rings is 1. The Bertz CT molecular complexity index is 604. The third kappa shape index (κ3) is 2.83. The summed E-state index contributed by atoms with van der Waals surface area (Å²) in [6.07, 6.45) is 2.93. The summed E-state index contributed by atoms with van der Waals surface area (Å²) in [5, 5.41) is 3.55. The number of hydrogen-bond acceptors (Lipinski definition) is 2. The Morgan fingerprint density at radius 3 is 2.72 bits per heavy atom. The van der Waals surface area contributed by atoms with Crippen molar-refractivity contribution in [1.29, 1.82) is 0 Å². The molecule has 0 aliphatic rings. The van der Waals surface area contributed by atoms with Gasteiger partial charge in [-0.15, -0.1) is 0 Å². The molecular weight excluding hydrogens is 339 g/mol. The van der Waals surface area contributed by atoms with Crippen molar-refractivity contribution in [3.63, 3.8) is 0 Å². The predicted octanol–water partition coefficient (Wildman–Crippen LogP) is 4.40. The zero-order chi connectivity index (χ0) is 13.1. The van der Waals surface area contributed by atoms with E-state index >= 15 is 0 Å². The molecule has 0 spiro atoms. The molecule has 0 aliphatic heterocycles.